The maximum atomic E-state index is 10.1. The molecule has 0 unspecified atom stereocenters. The van der Waals surface area contributed by atoms with Gasteiger partial charge in [0.05, 0.1) is 5.97 Å². The van der Waals surface area contributed by atoms with E-state index < -0.39 is 42.3 Å². The Kier molecular flexibility index (Phi) is 46.3. The Balaban J connectivity index is -0.0000000450. The molecule has 0 radical (unpaired) electrons. The maximum Gasteiger partial charge on any atom is 1.00 e. The van der Waals surface area contributed by atoms with Gasteiger partial charge in [-0.05, 0) is 0 Å². The van der Waals surface area contributed by atoms with Crippen LogP contribution in [0, 0.1) is 0 Å². The largest absolute Gasteiger partial charge is 1.00 e. The summed E-state index contributed by atoms with van der Waals surface area (Å²) in [7, 11) is 0. The number of rotatable bonds is 5. The van der Waals surface area contributed by atoms with Crippen molar-refractivity contribution in [3.63, 3.8) is 0 Å². The summed E-state index contributed by atoms with van der Waals surface area (Å²) in [6.45, 7) is 1.08. The van der Waals surface area contributed by atoms with Gasteiger partial charge in [0.2, 0.25) is 0 Å². The number of carboxylic acids is 4. The van der Waals surface area contributed by atoms with Crippen LogP contribution in [0.2, 0.25) is 0 Å². The van der Waals surface area contributed by atoms with Gasteiger partial charge in [-0.3, -0.25) is 4.79 Å². The molecule has 14 heteroatoms. The van der Waals surface area contributed by atoms with Gasteiger partial charge in [0.25, 0.3) is 5.97 Å². The van der Waals surface area contributed by atoms with Gasteiger partial charge < -0.3 is 52.3 Å². The molecule has 0 saturated heterocycles. The van der Waals surface area contributed by atoms with Crippen LogP contribution in [-0.4, -0.2) is 39.7 Å². The van der Waals surface area contributed by atoms with Crippen molar-refractivity contribution < 1.29 is 175 Å². The maximum absolute atomic E-state index is 10.1. The summed E-state index contributed by atoms with van der Waals surface area (Å²) in [5, 5.41) is 46.3. The molecule has 0 aromatic rings. The average molecular weight is 377 g/mol. The van der Waals surface area contributed by atoms with Gasteiger partial charge in [0.1, 0.15) is 5.60 Å². The molecule has 106 valence electrons. The Bertz CT molecular complexity index is 320. The van der Waals surface area contributed by atoms with Crippen LogP contribution >= 0.6 is 0 Å². The van der Waals surface area contributed by atoms with E-state index in [1.807, 2.05) is 0 Å². The molecule has 0 saturated carbocycles. The molecule has 0 fully saturated rings. The van der Waals surface area contributed by atoms with Crippen LogP contribution in [-0.2, 0) is 19.2 Å². The predicted octanol–water partition coefficient (Wildman–Crippen LogP) is -20.1. The Morgan fingerprint density at radius 1 is 0.864 bits per heavy atom. The first-order valence-electron chi connectivity index (χ1n) is 4.04. The van der Waals surface area contributed by atoms with E-state index in [9.17, 15) is 29.7 Å². The second-order valence-electron chi connectivity index (χ2n) is 2.94. The predicted molar refractivity (Wildman–Crippen MR) is 42.5 cm³/mol. The van der Waals surface area contributed by atoms with E-state index in [1.54, 1.807) is 0 Å². The van der Waals surface area contributed by atoms with Crippen molar-refractivity contribution in [3.8, 4) is 0 Å². The molecule has 0 spiro atoms. The van der Waals surface area contributed by atoms with E-state index in [-0.39, 0.29) is 131 Å². The summed E-state index contributed by atoms with van der Waals surface area (Å²) in [5.41, 5.74) is -2.97. The Labute approximate surface area is 221 Å². The third-order valence-electron chi connectivity index (χ3n) is 1.25. The topological polar surface area (TPSA) is 178 Å². The van der Waals surface area contributed by atoms with Gasteiger partial charge in [-0.15, -0.1) is 0 Å². The fourth-order valence-corrected chi connectivity index (χ4v) is 0.684. The summed E-state index contributed by atoms with van der Waals surface area (Å²) < 4.78 is 0. The van der Waals surface area contributed by atoms with Crippen molar-refractivity contribution in [1.29, 1.82) is 0 Å². The van der Waals surface area contributed by atoms with Crippen molar-refractivity contribution >= 4 is 23.9 Å². The molecule has 0 amide bonds. The number of aliphatic hydroxyl groups is 1. The molecule has 0 aromatic carbocycles. The smallest absolute Gasteiger partial charge is 1.00 e. The number of carboxylic acid groups (broad SMARTS) is 4. The summed E-state index contributed by atoms with van der Waals surface area (Å²) in [4.78, 5) is 39.0. The minimum Gasteiger partial charge on any atom is -1.00 e. The van der Waals surface area contributed by atoms with Gasteiger partial charge in [-0.25, -0.2) is 0 Å². The van der Waals surface area contributed by atoms with E-state index in [1.165, 1.54) is 0 Å². The Morgan fingerprint density at radius 3 is 1.14 bits per heavy atom. The molecule has 0 atom stereocenters. The van der Waals surface area contributed by atoms with Gasteiger partial charge in [0, 0.05) is 31.7 Å². The zero-order valence-corrected chi connectivity index (χ0v) is 21.8. The van der Waals surface area contributed by atoms with E-state index in [2.05, 4.69) is 0 Å². The molecule has 0 aliphatic heterocycles. The Morgan fingerprint density at radius 2 is 1.05 bits per heavy atom. The van der Waals surface area contributed by atoms with Crippen molar-refractivity contribution in [2.24, 2.45) is 0 Å². The first-order valence-corrected chi connectivity index (χ1v) is 4.04. The van der Waals surface area contributed by atoms with Gasteiger partial charge in [0.15, 0.2) is 0 Å². The fraction of sp³-hybridized carbons (Fsp3) is 0.500. The normalized spacial score (nSPS) is 7.55. The van der Waals surface area contributed by atoms with Gasteiger partial charge in [-0.2, -0.15) is 0 Å². The Hall–Kier alpha value is 2.13. The number of halogens is 1. The van der Waals surface area contributed by atoms with Crippen LogP contribution in [0.15, 0.2) is 0 Å². The molecule has 0 bridgehead atoms. The van der Waals surface area contributed by atoms with E-state index in [4.69, 9.17) is 15.0 Å². The summed E-state index contributed by atoms with van der Waals surface area (Å²) >= 11 is 0. The molecule has 0 aliphatic carbocycles. The third kappa shape index (κ3) is 30.1. The number of aliphatic carboxylic acids is 4. The van der Waals surface area contributed by atoms with Gasteiger partial charge in [-0.1, -0.05) is 0 Å². The molecular weight excluding hydrogens is 367 g/mol. The molecule has 0 rings (SSSR count). The molecule has 2 N–H and O–H groups in total. The number of carbonyl (C=O) groups is 4. The first-order chi connectivity index (χ1) is 7.51. The molecular formula is C8H9ClNa4O9. The number of carbonyl (C=O) groups excluding carboxylic acids is 3. The molecule has 0 aliphatic rings. The van der Waals surface area contributed by atoms with Crippen molar-refractivity contribution in [1.82, 2.24) is 0 Å². The van der Waals surface area contributed by atoms with E-state index >= 15 is 0 Å². The zero-order valence-electron chi connectivity index (χ0n) is 13.0. The second-order valence-corrected chi connectivity index (χ2v) is 2.94. The molecule has 22 heavy (non-hydrogen) atoms. The van der Waals surface area contributed by atoms with Crippen LogP contribution in [0.25, 0.3) is 0 Å². The average Bonchev–Trinajstić information content (AvgIpc) is 1.98. The van der Waals surface area contributed by atoms with Crippen molar-refractivity contribution in [2.75, 3.05) is 0 Å². The second kappa shape index (κ2) is 23.1. The summed E-state index contributed by atoms with van der Waals surface area (Å²) in [5.74, 6) is -6.82. The van der Waals surface area contributed by atoms with Crippen molar-refractivity contribution in [2.45, 2.75) is 25.4 Å². The standard InChI is InChI=1S/C6H8O7.C2H4O2.ClH.4Na/c7-3(8)1-6(13,5(11)12)2-4(9)10;1-2(3)4;;;;;/h13H,1-2H2,(H,7,8)(H,9,10)(H,11,12);1H3,(H,3,4);1H;;;;/q;;;4*+1/p-4. The minimum absolute atomic E-state index is 0. The van der Waals surface area contributed by atoms with Crippen LogP contribution in [0.1, 0.15) is 19.8 Å². The monoisotopic (exact) mass is 376 g/mol. The first kappa shape index (κ1) is 44.0. The molecule has 0 heterocycles. The molecule has 9 nitrogen and oxygen atoms in total. The summed E-state index contributed by atoms with van der Waals surface area (Å²) in [6, 6.07) is 0. The van der Waals surface area contributed by atoms with Gasteiger partial charge >= 0.3 is 118 Å². The van der Waals surface area contributed by atoms with Crippen LogP contribution < -0.4 is 146 Å². The SMILES string of the molecule is CC(=O)O.O=C([O-])CC(O)(CC(=O)[O-])C(=O)[O-].[Cl-].[Na+].[Na+].[Na+].[Na+]. The van der Waals surface area contributed by atoms with E-state index in [0.717, 1.165) is 6.92 Å². The number of hydrogen-bond acceptors (Lipinski definition) is 8. The van der Waals surface area contributed by atoms with Crippen LogP contribution in [0.5, 0.6) is 0 Å². The van der Waals surface area contributed by atoms with Crippen LogP contribution in [0.3, 0.4) is 0 Å². The van der Waals surface area contributed by atoms with Crippen molar-refractivity contribution in [3.05, 3.63) is 0 Å². The minimum atomic E-state index is -2.97. The summed E-state index contributed by atoms with van der Waals surface area (Å²) in [6.07, 6.45) is -2.72. The third-order valence-corrected chi connectivity index (χ3v) is 1.25. The fourth-order valence-electron chi connectivity index (χ4n) is 0.684. The van der Waals surface area contributed by atoms with Crippen LogP contribution in [0.4, 0.5) is 0 Å². The number of hydrogen-bond donors (Lipinski definition) is 2. The molecule has 0 aromatic heterocycles. The zero-order chi connectivity index (χ0) is 14.2. The quantitative estimate of drug-likeness (QED) is 0.441. The van der Waals surface area contributed by atoms with E-state index in [0.29, 0.717) is 0 Å².